The number of nitrogens with zero attached hydrogens (tertiary/aromatic N) is 3. The normalized spacial score (nSPS) is 19.6. The zero-order valence-electron chi connectivity index (χ0n) is 12.4. The van der Waals surface area contributed by atoms with E-state index in [-0.39, 0.29) is 0 Å². The molecule has 0 aliphatic carbocycles. The maximum atomic E-state index is 10.1. The number of hydrogen-bond donors (Lipinski definition) is 1. The number of piperidine rings is 1. The molecule has 0 amide bonds. The van der Waals surface area contributed by atoms with Crippen molar-refractivity contribution in [2.75, 3.05) is 13.1 Å². The van der Waals surface area contributed by atoms with Crippen LogP contribution in [-0.2, 0) is 6.54 Å². The lowest BCUT2D eigenvalue weighted by molar-refractivity contribution is 0.175. The highest BCUT2D eigenvalue weighted by molar-refractivity contribution is 5.58. The summed E-state index contributed by atoms with van der Waals surface area (Å²) in [5.41, 5.74) is 1.91. The van der Waals surface area contributed by atoms with Crippen LogP contribution >= 0.6 is 0 Å². The van der Waals surface area contributed by atoms with Crippen LogP contribution in [0.4, 0.5) is 0 Å². The number of phenolic OH excluding ortho intramolecular Hbond substituents is 1. The first-order valence-corrected chi connectivity index (χ1v) is 7.54. The fourth-order valence-corrected chi connectivity index (χ4v) is 2.97. The minimum absolute atomic E-state index is 0.355. The molecule has 1 atom stereocenters. The number of benzene rings is 1. The molecule has 0 radical (unpaired) electrons. The van der Waals surface area contributed by atoms with Gasteiger partial charge in [0.05, 0.1) is 0 Å². The van der Waals surface area contributed by atoms with E-state index in [0.29, 0.717) is 11.6 Å². The van der Waals surface area contributed by atoms with Gasteiger partial charge in [0.25, 0.3) is 0 Å². The van der Waals surface area contributed by atoms with Crippen LogP contribution in [0.1, 0.15) is 25.3 Å². The lowest BCUT2D eigenvalue weighted by atomic mass is 9.99. The van der Waals surface area contributed by atoms with Crippen molar-refractivity contribution < 1.29 is 5.11 Å². The van der Waals surface area contributed by atoms with Crippen LogP contribution in [0.3, 0.4) is 0 Å². The van der Waals surface area contributed by atoms with E-state index in [2.05, 4.69) is 21.8 Å². The minimum atomic E-state index is 0.355. The molecular weight excluding hydrogens is 262 g/mol. The largest absolute Gasteiger partial charge is 0.508 e. The summed E-state index contributed by atoms with van der Waals surface area (Å²) in [6.45, 7) is 5.29. The van der Waals surface area contributed by atoms with Crippen molar-refractivity contribution in [3.05, 3.63) is 42.2 Å². The number of rotatable bonds is 3. The van der Waals surface area contributed by atoms with Crippen LogP contribution in [0.15, 0.2) is 36.7 Å². The second kappa shape index (κ2) is 6.22. The lowest BCUT2D eigenvalue weighted by Gasteiger charge is -2.31. The third-order valence-electron chi connectivity index (χ3n) is 4.04. The number of likely N-dealkylation sites (tertiary alicyclic amines) is 1. The number of phenols is 1. The van der Waals surface area contributed by atoms with Gasteiger partial charge in [0.15, 0.2) is 5.82 Å². The van der Waals surface area contributed by atoms with Gasteiger partial charge in [0, 0.05) is 36.6 Å². The average Bonchev–Trinajstić information content (AvgIpc) is 2.50. The van der Waals surface area contributed by atoms with Crippen molar-refractivity contribution in [1.82, 2.24) is 14.9 Å². The third-order valence-corrected chi connectivity index (χ3v) is 4.04. The Bertz CT molecular complexity index is 600. The van der Waals surface area contributed by atoms with E-state index >= 15 is 0 Å². The predicted octanol–water partition coefficient (Wildman–Crippen LogP) is 3.08. The Hall–Kier alpha value is -1.94. The maximum absolute atomic E-state index is 10.1. The first-order valence-electron chi connectivity index (χ1n) is 7.54. The zero-order valence-corrected chi connectivity index (χ0v) is 12.4. The number of aromatic nitrogens is 2. The van der Waals surface area contributed by atoms with Gasteiger partial charge in [-0.3, -0.25) is 4.90 Å². The Morgan fingerprint density at radius 1 is 1.29 bits per heavy atom. The van der Waals surface area contributed by atoms with E-state index in [1.54, 1.807) is 24.5 Å². The van der Waals surface area contributed by atoms with Gasteiger partial charge in [0.1, 0.15) is 5.75 Å². The van der Waals surface area contributed by atoms with E-state index in [9.17, 15) is 5.11 Å². The van der Waals surface area contributed by atoms with Crippen molar-refractivity contribution in [2.45, 2.75) is 26.3 Å². The molecule has 1 aromatic carbocycles. The second-order valence-corrected chi connectivity index (χ2v) is 5.90. The highest BCUT2D eigenvalue weighted by Gasteiger charge is 2.17. The van der Waals surface area contributed by atoms with E-state index < -0.39 is 0 Å². The van der Waals surface area contributed by atoms with Crippen LogP contribution in [0.5, 0.6) is 5.75 Å². The first-order chi connectivity index (χ1) is 10.2. The van der Waals surface area contributed by atoms with Crippen molar-refractivity contribution in [3.8, 4) is 17.1 Å². The Labute approximate surface area is 125 Å². The molecule has 1 aromatic heterocycles. The SMILES string of the molecule is CC1CCCN(Cc2cc(-c3ncccn3)ccc2O)C1. The van der Waals surface area contributed by atoms with Gasteiger partial charge in [0.2, 0.25) is 0 Å². The molecule has 0 bridgehead atoms. The molecule has 1 N–H and O–H groups in total. The lowest BCUT2D eigenvalue weighted by Crippen LogP contribution is -2.33. The van der Waals surface area contributed by atoms with Crippen molar-refractivity contribution in [2.24, 2.45) is 5.92 Å². The minimum Gasteiger partial charge on any atom is -0.508 e. The summed E-state index contributed by atoms with van der Waals surface area (Å²) in [5, 5.41) is 10.1. The fourth-order valence-electron chi connectivity index (χ4n) is 2.97. The quantitative estimate of drug-likeness (QED) is 0.940. The van der Waals surface area contributed by atoms with Crippen LogP contribution in [-0.4, -0.2) is 33.1 Å². The van der Waals surface area contributed by atoms with Crippen molar-refractivity contribution >= 4 is 0 Å². The summed E-state index contributed by atoms with van der Waals surface area (Å²) >= 11 is 0. The van der Waals surface area contributed by atoms with Gasteiger partial charge in [-0.15, -0.1) is 0 Å². The van der Waals surface area contributed by atoms with E-state index in [1.807, 2.05) is 12.1 Å². The molecule has 2 aromatic rings. The standard InChI is InChI=1S/C17H21N3O/c1-13-4-2-9-20(11-13)12-15-10-14(5-6-16(15)21)17-18-7-3-8-19-17/h3,5-8,10,13,21H,2,4,9,11-12H2,1H3. The average molecular weight is 283 g/mol. The topological polar surface area (TPSA) is 49.2 Å². The highest BCUT2D eigenvalue weighted by Crippen LogP contribution is 2.26. The van der Waals surface area contributed by atoms with Gasteiger partial charge < -0.3 is 5.11 Å². The molecule has 0 saturated carbocycles. The fraction of sp³-hybridized carbons (Fsp3) is 0.412. The molecule has 110 valence electrons. The van der Waals surface area contributed by atoms with Gasteiger partial charge in [-0.2, -0.15) is 0 Å². The highest BCUT2D eigenvalue weighted by atomic mass is 16.3. The van der Waals surface area contributed by atoms with Gasteiger partial charge in [-0.25, -0.2) is 9.97 Å². The Balaban J connectivity index is 1.81. The van der Waals surface area contributed by atoms with E-state index in [0.717, 1.165) is 36.7 Å². The molecule has 21 heavy (non-hydrogen) atoms. The molecule has 4 heteroatoms. The summed E-state index contributed by atoms with van der Waals surface area (Å²) in [4.78, 5) is 11.0. The summed E-state index contributed by atoms with van der Waals surface area (Å²) in [7, 11) is 0. The molecule has 1 aliphatic heterocycles. The Kier molecular flexibility index (Phi) is 4.15. The number of aromatic hydroxyl groups is 1. The van der Waals surface area contributed by atoms with E-state index in [1.165, 1.54) is 12.8 Å². The molecule has 1 aliphatic rings. The van der Waals surface area contributed by atoms with Crippen LogP contribution in [0.2, 0.25) is 0 Å². The van der Waals surface area contributed by atoms with Crippen LogP contribution in [0, 0.1) is 5.92 Å². The number of hydrogen-bond acceptors (Lipinski definition) is 4. The zero-order chi connectivity index (χ0) is 14.7. The summed E-state index contributed by atoms with van der Waals surface area (Å²) < 4.78 is 0. The third kappa shape index (κ3) is 3.39. The predicted molar refractivity (Wildman–Crippen MR) is 82.8 cm³/mol. The molecule has 4 nitrogen and oxygen atoms in total. The molecule has 3 rings (SSSR count). The van der Waals surface area contributed by atoms with Crippen molar-refractivity contribution in [1.29, 1.82) is 0 Å². The molecule has 1 unspecified atom stereocenters. The monoisotopic (exact) mass is 283 g/mol. The van der Waals surface area contributed by atoms with Gasteiger partial charge in [-0.05, 0) is 49.6 Å². The second-order valence-electron chi connectivity index (χ2n) is 5.90. The molecule has 1 fully saturated rings. The van der Waals surface area contributed by atoms with E-state index in [4.69, 9.17) is 0 Å². The summed E-state index contributed by atoms with van der Waals surface area (Å²) in [6, 6.07) is 7.42. The molecule has 1 saturated heterocycles. The Morgan fingerprint density at radius 3 is 2.86 bits per heavy atom. The smallest absolute Gasteiger partial charge is 0.159 e. The maximum Gasteiger partial charge on any atom is 0.159 e. The Morgan fingerprint density at radius 2 is 2.10 bits per heavy atom. The van der Waals surface area contributed by atoms with Crippen molar-refractivity contribution in [3.63, 3.8) is 0 Å². The molecular formula is C17H21N3O. The van der Waals surface area contributed by atoms with Crippen LogP contribution < -0.4 is 0 Å². The molecule has 2 heterocycles. The first kappa shape index (κ1) is 14.0. The van der Waals surface area contributed by atoms with Gasteiger partial charge in [-0.1, -0.05) is 6.92 Å². The summed E-state index contributed by atoms with van der Waals surface area (Å²) in [5.74, 6) is 1.79. The summed E-state index contributed by atoms with van der Waals surface area (Å²) in [6.07, 6.45) is 6.02. The van der Waals surface area contributed by atoms with Crippen LogP contribution in [0.25, 0.3) is 11.4 Å². The van der Waals surface area contributed by atoms with Gasteiger partial charge >= 0.3 is 0 Å². The molecule has 0 spiro atoms.